The number of hydrogen-bond acceptors (Lipinski definition) is 9. The highest BCUT2D eigenvalue weighted by atomic mass is 32.2. The van der Waals surface area contributed by atoms with Gasteiger partial charge in [0.15, 0.2) is 0 Å². The lowest BCUT2D eigenvalue weighted by molar-refractivity contribution is 0.0659. The molecule has 0 atom stereocenters. The number of anilines is 2. The van der Waals surface area contributed by atoms with Gasteiger partial charge in [-0.3, -0.25) is 4.68 Å². The first-order valence-corrected chi connectivity index (χ1v) is 15.0. The fourth-order valence-corrected chi connectivity index (χ4v) is 5.37. The lowest BCUT2D eigenvalue weighted by Crippen LogP contribution is -2.44. The van der Waals surface area contributed by atoms with Gasteiger partial charge in [-0.25, -0.2) is 18.1 Å². The van der Waals surface area contributed by atoms with Crippen LogP contribution in [0.15, 0.2) is 71.9 Å². The Balaban J connectivity index is 1.46. The Hall–Kier alpha value is -4.00. The quantitative estimate of drug-likeness (QED) is 0.297. The third-order valence-corrected chi connectivity index (χ3v) is 8.00. The minimum atomic E-state index is -3.98. The van der Waals surface area contributed by atoms with Crippen LogP contribution >= 0.6 is 0 Å². The van der Waals surface area contributed by atoms with Crippen molar-refractivity contribution in [3.05, 3.63) is 72.6 Å². The van der Waals surface area contributed by atoms with Gasteiger partial charge in [-0.05, 0) is 50.7 Å². The molecule has 11 nitrogen and oxygen atoms in total. The summed E-state index contributed by atoms with van der Waals surface area (Å²) in [6, 6.07) is 17.2. The van der Waals surface area contributed by atoms with Crippen LogP contribution in [-0.2, 0) is 28.4 Å². The molecule has 0 amide bonds. The number of ether oxygens (including phenoxy) is 2. The Bertz CT molecular complexity index is 1580. The zero-order valence-corrected chi connectivity index (χ0v) is 24.5. The van der Waals surface area contributed by atoms with Crippen molar-refractivity contribution >= 4 is 21.7 Å². The van der Waals surface area contributed by atoms with E-state index in [1.54, 1.807) is 13.1 Å². The topological polar surface area (TPSA) is 115 Å². The van der Waals surface area contributed by atoms with Crippen LogP contribution in [0, 0.1) is 0 Å². The molecule has 5 rings (SSSR count). The SMILES string of the molecule is CC(C)OCc1ccccc1-c1cc(Oc2ccc(N3CCN(C)CC3)cc2)nc(NS(=O)(=O)c2cnn(C)c2)n1. The van der Waals surface area contributed by atoms with E-state index in [0.717, 1.165) is 43.0 Å². The molecule has 3 heterocycles. The van der Waals surface area contributed by atoms with Crippen molar-refractivity contribution in [2.24, 2.45) is 7.05 Å². The summed E-state index contributed by atoms with van der Waals surface area (Å²) in [6.07, 6.45) is 2.72. The van der Waals surface area contributed by atoms with Crippen molar-refractivity contribution in [3.63, 3.8) is 0 Å². The van der Waals surface area contributed by atoms with Gasteiger partial charge in [-0.1, -0.05) is 24.3 Å². The van der Waals surface area contributed by atoms with Crippen LogP contribution in [0.3, 0.4) is 0 Å². The largest absolute Gasteiger partial charge is 0.439 e. The van der Waals surface area contributed by atoms with E-state index in [4.69, 9.17) is 9.47 Å². The highest BCUT2D eigenvalue weighted by Crippen LogP contribution is 2.30. The second-order valence-corrected chi connectivity index (χ2v) is 12.0. The van der Waals surface area contributed by atoms with Crippen LogP contribution in [0.4, 0.5) is 11.6 Å². The average Bonchev–Trinajstić information content (AvgIpc) is 3.40. The van der Waals surface area contributed by atoms with E-state index in [-0.39, 0.29) is 22.8 Å². The van der Waals surface area contributed by atoms with Gasteiger partial charge in [0.2, 0.25) is 11.8 Å². The number of sulfonamides is 1. The summed E-state index contributed by atoms with van der Waals surface area (Å²) in [5.41, 5.74) is 3.31. The number of piperazine rings is 1. The number of benzene rings is 2. The molecule has 0 unspecified atom stereocenters. The van der Waals surface area contributed by atoms with Crippen LogP contribution in [0.1, 0.15) is 19.4 Å². The van der Waals surface area contributed by atoms with Gasteiger partial charge >= 0.3 is 0 Å². The maximum atomic E-state index is 13.1. The fraction of sp³-hybridized carbons (Fsp3) is 0.345. The first kappa shape index (κ1) is 28.5. The number of nitrogens with zero attached hydrogens (tertiary/aromatic N) is 6. The molecule has 1 fully saturated rings. The Labute approximate surface area is 240 Å². The molecule has 4 aromatic rings. The highest BCUT2D eigenvalue weighted by molar-refractivity contribution is 7.92. The molecule has 0 aliphatic carbocycles. The molecule has 0 bridgehead atoms. The van der Waals surface area contributed by atoms with Crippen molar-refractivity contribution in [1.29, 1.82) is 0 Å². The van der Waals surface area contributed by atoms with Gasteiger partial charge in [-0.2, -0.15) is 10.1 Å². The second kappa shape index (κ2) is 12.2. The number of hydrogen-bond donors (Lipinski definition) is 1. The van der Waals surface area contributed by atoms with E-state index < -0.39 is 10.0 Å². The highest BCUT2D eigenvalue weighted by Gasteiger charge is 2.20. The predicted octanol–water partition coefficient (Wildman–Crippen LogP) is 4.15. The third kappa shape index (κ3) is 7.20. The molecule has 2 aromatic heterocycles. The molecule has 1 aliphatic heterocycles. The van der Waals surface area contributed by atoms with Crippen molar-refractivity contribution in [2.45, 2.75) is 31.5 Å². The smallest absolute Gasteiger partial charge is 0.267 e. The van der Waals surface area contributed by atoms with Crippen LogP contribution in [0.5, 0.6) is 11.6 Å². The van der Waals surface area contributed by atoms with Gasteiger partial charge in [0.25, 0.3) is 10.0 Å². The van der Waals surface area contributed by atoms with E-state index >= 15 is 0 Å². The van der Waals surface area contributed by atoms with E-state index in [1.165, 1.54) is 17.1 Å². The maximum Gasteiger partial charge on any atom is 0.267 e. The summed E-state index contributed by atoms with van der Waals surface area (Å²) in [6.45, 7) is 8.28. The third-order valence-electron chi connectivity index (χ3n) is 6.71. The lowest BCUT2D eigenvalue weighted by Gasteiger charge is -2.34. The van der Waals surface area contributed by atoms with Gasteiger partial charge < -0.3 is 19.3 Å². The number of rotatable bonds is 10. The minimum absolute atomic E-state index is 0.00157. The van der Waals surface area contributed by atoms with Crippen LogP contribution in [-0.4, -0.2) is 72.4 Å². The van der Waals surface area contributed by atoms with Crippen molar-refractivity contribution < 1.29 is 17.9 Å². The standard InChI is InChI=1S/C29H35N7O4S/c1-21(2)39-20-22-7-5-6-8-26(22)27-17-28(32-29(31-27)33-41(37,38)25-18-30-35(4)19-25)40-24-11-9-23(10-12-24)36-15-13-34(3)14-16-36/h5-12,17-19,21H,13-16,20H2,1-4H3,(H,31,32,33). The van der Waals surface area contributed by atoms with Crippen molar-refractivity contribution in [3.8, 4) is 22.9 Å². The van der Waals surface area contributed by atoms with E-state index in [2.05, 4.69) is 36.6 Å². The molecule has 216 valence electrons. The number of likely N-dealkylation sites (N-methyl/N-ethyl adjacent to an activating group) is 1. The number of aryl methyl sites for hydroxylation is 1. The van der Waals surface area contributed by atoms with Gasteiger partial charge in [-0.15, -0.1) is 0 Å². The minimum Gasteiger partial charge on any atom is -0.439 e. The first-order valence-electron chi connectivity index (χ1n) is 13.5. The summed E-state index contributed by atoms with van der Waals surface area (Å²) in [4.78, 5) is 13.6. The lowest BCUT2D eigenvalue weighted by atomic mass is 10.0. The Morgan fingerprint density at radius 3 is 2.39 bits per heavy atom. The van der Waals surface area contributed by atoms with Gasteiger partial charge in [0.05, 0.1) is 24.6 Å². The van der Waals surface area contributed by atoms with Crippen LogP contribution in [0.2, 0.25) is 0 Å². The molecule has 1 aliphatic rings. The summed E-state index contributed by atoms with van der Waals surface area (Å²) in [7, 11) is -0.206. The molecule has 0 spiro atoms. The van der Waals surface area contributed by atoms with E-state index in [1.807, 2.05) is 62.4 Å². The normalized spacial score (nSPS) is 14.4. The molecule has 41 heavy (non-hydrogen) atoms. The van der Waals surface area contributed by atoms with Gasteiger partial charge in [0, 0.05) is 56.7 Å². The van der Waals surface area contributed by atoms with E-state index in [9.17, 15) is 8.42 Å². The molecular formula is C29H35N7O4S. The maximum absolute atomic E-state index is 13.1. The first-order chi connectivity index (χ1) is 19.7. The fourth-order valence-electron chi connectivity index (χ4n) is 4.44. The number of aromatic nitrogens is 4. The zero-order valence-electron chi connectivity index (χ0n) is 23.7. The van der Waals surface area contributed by atoms with Crippen LogP contribution in [0.25, 0.3) is 11.3 Å². The molecule has 2 aromatic carbocycles. The Kier molecular flexibility index (Phi) is 8.52. The molecule has 12 heteroatoms. The molecule has 1 saturated heterocycles. The molecule has 0 saturated carbocycles. The summed E-state index contributed by atoms with van der Waals surface area (Å²) < 4.78 is 42.0. The van der Waals surface area contributed by atoms with E-state index in [0.29, 0.717) is 18.1 Å². The Morgan fingerprint density at radius 1 is 0.976 bits per heavy atom. The van der Waals surface area contributed by atoms with Crippen molar-refractivity contribution in [1.82, 2.24) is 24.6 Å². The summed E-state index contributed by atoms with van der Waals surface area (Å²) in [5, 5.41) is 3.97. The molecular weight excluding hydrogens is 542 g/mol. The zero-order chi connectivity index (χ0) is 29.0. The monoisotopic (exact) mass is 577 g/mol. The Morgan fingerprint density at radius 2 is 1.71 bits per heavy atom. The predicted molar refractivity (Wildman–Crippen MR) is 158 cm³/mol. The van der Waals surface area contributed by atoms with Gasteiger partial charge in [0.1, 0.15) is 10.6 Å². The summed E-state index contributed by atoms with van der Waals surface area (Å²) in [5.74, 6) is 0.658. The average molecular weight is 578 g/mol. The molecule has 0 radical (unpaired) electrons. The number of nitrogens with one attached hydrogen (secondary N) is 1. The summed E-state index contributed by atoms with van der Waals surface area (Å²) >= 11 is 0. The van der Waals surface area contributed by atoms with Crippen molar-refractivity contribution in [2.75, 3.05) is 42.8 Å². The second-order valence-electron chi connectivity index (χ2n) is 10.3. The molecule has 1 N–H and O–H groups in total. The van der Waals surface area contributed by atoms with Crippen LogP contribution < -0.4 is 14.4 Å².